The zero-order chi connectivity index (χ0) is 22.3. The van der Waals surface area contributed by atoms with Gasteiger partial charge >= 0.3 is 6.18 Å². The molecule has 0 bridgehead atoms. The normalized spacial score (nSPS) is 18.8. The maximum absolute atomic E-state index is 13.8. The van der Waals surface area contributed by atoms with E-state index in [-0.39, 0.29) is 28.8 Å². The molecule has 0 saturated carbocycles. The zero-order valence-corrected chi connectivity index (χ0v) is 17.5. The molecule has 0 radical (unpaired) electrons. The van der Waals surface area contributed by atoms with Crippen LogP contribution in [0.4, 0.5) is 13.2 Å². The lowest BCUT2D eigenvalue weighted by Crippen LogP contribution is -2.62. The van der Waals surface area contributed by atoms with Crippen molar-refractivity contribution < 1.29 is 22.7 Å². The largest absolute Gasteiger partial charge is 0.480 e. The second-order valence-electron chi connectivity index (χ2n) is 8.72. The Bertz CT molecular complexity index is 905. The van der Waals surface area contributed by atoms with Crippen LogP contribution in [-0.4, -0.2) is 50.1 Å². The van der Waals surface area contributed by atoms with Crippen LogP contribution in [0.2, 0.25) is 0 Å². The summed E-state index contributed by atoms with van der Waals surface area (Å²) >= 11 is 0. The summed E-state index contributed by atoms with van der Waals surface area (Å²) in [5.41, 5.74) is -2.30. The van der Waals surface area contributed by atoms with Gasteiger partial charge in [0.2, 0.25) is 5.88 Å². The predicted octanol–water partition coefficient (Wildman–Crippen LogP) is 2.73. The Kier molecular flexibility index (Phi) is 5.52. The van der Waals surface area contributed by atoms with Crippen molar-refractivity contribution in [3.05, 3.63) is 29.6 Å². The van der Waals surface area contributed by atoms with Gasteiger partial charge in [0.1, 0.15) is 0 Å². The summed E-state index contributed by atoms with van der Waals surface area (Å²) in [4.78, 5) is 12.8. The molecule has 3 heterocycles. The van der Waals surface area contributed by atoms with Crippen molar-refractivity contribution in [2.24, 2.45) is 0 Å². The first-order valence-electron chi connectivity index (χ1n) is 9.45. The number of amides is 1. The minimum atomic E-state index is -4.82. The SMILES string of the molecule is COc1ccc(-n2ncc(C(=O)NC3CC(C)(C)NC(C)(C)C3)c2C(F)(F)F)nn1. The van der Waals surface area contributed by atoms with Gasteiger partial charge in [-0.05, 0) is 46.6 Å². The van der Waals surface area contributed by atoms with Crippen molar-refractivity contribution in [1.82, 2.24) is 30.6 Å². The molecule has 2 aromatic rings. The van der Waals surface area contributed by atoms with Gasteiger partial charge in [-0.3, -0.25) is 4.79 Å². The number of nitrogens with one attached hydrogen (secondary N) is 2. The molecule has 3 rings (SSSR count). The lowest BCUT2D eigenvalue weighted by atomic mass is 9.79. The van der Waals surface area contributed by atoms with E-state index in [0.29, 0.717) is 17.5 Å². The number of rotatable bonds is 4. The number of carbonyl (C=O) groups is 1. The van der Waals surface area contributed by atoms with Crippen molar-refractivity contribution in [2.75, 3.05) is 7.11 Å². The molecule has 30 heavy (non-hydrogen) atoms. The van der Waals surface area contributed by atoms with Gasteiger partial charge in [0.25, 0.3) is 5.91 Å². The Labute approximate surface area is 172 Å². The molecule has 0 aromatic carbocycles. The molecule has 1 aliphatic rings. The number of piperidine rings is 1. The van der Waals surface area contributed by atoms with Crippen LogP contribution in [0.5, 0.6) is 5.88 Å². The summed E-state index contributed by atoms with van der Waals surface area (Å²) in [6.45, 7) is 7.98. The van der Waals surface area contributed by atoms with Gasteiger partial charge < -0.3 is 15.4 Å². The molecule has 1 saturated heterocycles. The molecule has 8 nitrogen and oxygen atoms in total. The Hall–Kier alpha value is -2.69. The first-order valence-corrected chi connectivity index (χ1v) is 9.45. The highest BCUT2D eigenvalue weighted by molar-refractivity contribution is 5.95. The second kappa shape index (κ2) is 7.53. The number of ether oxygens (including phenoxy) is 1. The number of alkyl halides is 3. The quantitative estimate of drug-likeness (QED) is 0.781. The van der Waals surface area contributed by atoms with Gasteiger partial charge in [-0.1, -0.05) is 0 Å². The Morgan fingerprint density at radius 1 is 1.20 bits per heavy atom. The molecule has 0 spiro atoms. The lowest BCUT2D eigenvalue weighted by Gasteiger charge is -2.46. The van der Waals surface area contributed by atoms with E-state index >= 15 is 0 Å². The van der Waals surface area contributed by atoms with Gasteiger partial charge in [0.15, 0.2) is 11.5 Å². The Morgan fingerprint density at radius 2 is 1.83 bits per heavy atom. The second-order valence-corrected chi connectivity index (χ2v) is 8.72. The fourth-order valence-electron chi connectivity index (χ4n) is 4.18. The van der Waals surface area contributed by atoms with Crippen LogP contribution < -0.4 is 15.4 Å². The monoisotopic (exact) mass is 426 g/mol. The van der Waals surface area contributed by atoms with Gasteiger partial charge in [0.05, 0.1) is 18.9 Å². The summed E-state index contributed by atoms with van der Waals surface area (Å²) in [6.07, 6.45) is -2.75. The van der Waals surface area contributed by atoms with Gasteiger partial charge in [-0.25, -0.2) is 4.68 Å². The molecular formula is C19H25F3N6O2. The van der Waals surface area contributed by atoms with Crippen molar-refractivity contribution >= 4 is 5.91 Å². The molecule has 0 atom stereocenters. The minimum Gasteiger partial charge on any atom is -0.480 e. The lowest BCUT2D eigenvalue weighted by molar-refractivity contribution is -0.143. The van der Waals surface area contributed by atoms with Crippen molar-refractivity contribution in [1.29, 1.82) is 0 Å². The summed E-state index contributed by atoms with van der Waals surface area (Å²) in [6, 6.07) is 2.37. The number of carbonyl (C=O) groups excluding carboxylic acids is 1. The third kappa shape index (κ3) is 4.72. The number of hydrogen-bond donors (Lipinski definition) is 2. The summed E-state index contributed by atoms with van der Waals surface area (Å²) in [5.74, 6) is -0.853. The van der Waals surface area contributed by atoms with Gasteiger partial charge in [-0.2, -0.15) is 18.3 Å². The highest BCUT2D eigenvalue weighted by atomic mass is 19.4. The molecule has 11 heteroatoms. The van der Waals surface area contributed by atoms with E-state index in [0.717, 1.165) is 6.20 Å². The van der Waals surface area contributed by atoms with E-state index in [1.165, 1.54) is 19.2 Å². The topological polar surface area (TPSA) is 94.0 Å². The smallest absolute Gasteiger partial charge is 0.434 e. The average Bonchev–Trinajstić information content (AvgIpc) is 3.04. The molecule has 2 N–H and O–H groups in total. The minimum absolute atomic E-state index is 0.147. The van der Waals surface area contributed by atoms with E-state index in [4.69, 9.17) is 4.74 Å². The number of halogens is 3. The van der Waals surface area contributed by atoms with E-state index in [2.05, 4.69) is 25.9 Å². The number of nitrogens with zero attached hydrogens (tertiary/aromatic N) is 4. The molecule has 1 aliphatic heterocycles. The zero-order valence-electron chi connectivity index (χ0n) is 17.5. The van der Waals surface area contributed by atoms with E-state index in [1.807, 2.05) is 27.7 Å². The van der Waals surface area contributed by atoms with E-state index < -0.39 is 23.3 Å². The Morgan fingerprint density at radius 3 is 2.33 bits per heavy atom. The summed E-state index contributed by atoms with van der Waals surface area (Å²) < 4.78 is 46.9. The molecule has 1 amide bonds. The van der Waals surface area contributed by atoms with Crippen molar-refractivity contribution in [2.45, 2.75) is 63.8 Å². The van der Waals surface area contributed by atoms with Gasteiger partial charge in [0, 0.05) is 23.2 Å². The third-order valence-electron chi connectivity index (χ3n) is 4.86. The number of aromatic nitrogens is 4. The number of hydrogen-bond acceptors (Lipinski definition) is 6. The molecule has 0 aliphatic carbocycles. The number of methoxy groups -OCH3 is 1. The molecule has 2 aromatic heterocycles. The molecule has 0 unspecified atom stereocenters. The van der Waals surface area contributed by atoms with Crippen molar-refractivity contribution in [3.8, 4) is 11.7 Å². The van der Waals surface area contributed by atoms with Crippen LogP contribution in [0.1, 0.15) is 56.6 Å². The fourth-order valence-corrected chi connectivity index (χ4v) is 4.18. The predicted molar refractivity (Wildman–Crippen MR) is 102 cm³/mol. The maximum atomic E-state index is 13.8. The van der Waals surface area contributed by atoms with Crippen LogP contribution in [0.3, 0.4) is 0 Å². The highest BCUT2D eigenvalue weighted by Gasteiger charge is 2.43. The first kappa shape index (κ1) is 22.0. The van der Waals surface area contributed by atoms with Crippen LogP contribution in [0.25, 0.3) is 5.82 Å². The van der Waals surface area contributed by atoms with Crippen LogP contribution in [0, 0.1) is 0 Å². The first-order chi connectivity index (χ1) is 13.8. The standard InChI is InChI=1S/C19H25F3N6O2/c1-17(2)8-11(9-18(3,4)27-17)24-16(29)12-10-23-28(15(12)19(20,21)22)13-6-7-14(30-5)26-25-13/h6-7,10-11,27H,8-9H2,1-5H3,(H,24,29). The average molecular weight is 426 g/mol. The summed E-state index contributed by atoms with van der Waals surface area (Å²) in [7, 11) is 1.37. The third-order valence-corrected chi connectivity index (χ3v) is 4.86. The van der Waals surface area contributed by atoms with E-state index in [1.54, 1.807) is 0 Å². The highest BCUT2D eigenvalue weighted by Crippen LogP contribution is 2.34. The summed E-state index contributed by atoms with van der Waals surface area (Å²) in [5, 5.41) is 17.4. The fraction of sp³-hybridized carbons (Fsp3) is 0.579. The molecule has 1 fully saturated rings. The van der Waals surface area contributed by atoms with Crippen molar-refractivity contribution in [3.63, 3.8) is 0 Å². The van der Waals surface area contributed by atoms with E-state index in [9.17, 15) is 18.0 Å². The van der Waals surface area contributed by atoms with Crippen LogP contribution in [-0.2, 0) is 6.18 Å². The van der Waals surface area contributed by atoms with Gasteiger partial charge in [-0.15, -0.1) is 10.2 Å². The van der Waals surface area contributed by atoms with Crippen LogP contribution in [0.15, 0.2) is 18.3 Å². The molecular weight excluding hydrogens is 401 g/mol. The Balaban J connectivity index is 1.92. The van der Waals surface area contributed by atoms with Crippen LogP contribution >= 0.6 is 0 Å². The molecule has 164 valence electrons. The maximum Gasteiger partial charge on any atom is 0.434 e.